The fourth-order valence-electron chi connectivity index (χ4n) is 2.93. The summed E-state index contributed by atoms with van der Waals surface area (Å²) in [6.45, 7) is 7.19. The average Bonchev–Trinajstić information content (AvgIpc) is 3.02. The van der Waals surface area contributed by atoms with Crippen molar-refractivity contribution >= 4 is 17.3 Å². The van der Waals surface area contributed by atoms with E-state index in [0.29, 0.717) is 18.3 Å². The summed E-state index contributed by atoms with van der Waals surface area (Å²) in [5.41, 5.74) is 1.13. The smallest absolute Gasteiger partial charge is 0.100 e. The number of aliphatic imine (C=N–C) groups is 1. The Morgan fingerprint density at radius 2 is 2.25 bits per heavy atom. The van der Waals surface area contributed by atoms with Gasteiger partial charge in [0.1, 0.15) is 6.54 Å². The quantitative estimate of drug-likeness (QED) is 0.424. The topological polar surface area (TPSA) is 35.8 Å². The summed E-state index contributed by atoms with van der Waals surface area (Å²) in [7, 11) is 0. The number of likely N-dealkylation sites (tertiary alicyclic amines) is 1. The fraction of sp³-hybridized carbons (Fsp3) is 0.812. The molecule has 4 heteroatoms. The number of fused-ring (bicyclic) bond motifs is 1. The minimum atomic E-state index is -0.621. The molecule has 2 fully saturated rings. The van der Waals surface area contributed by atoms with Gasteiger partial charge in [-0.1, -0.05) is 5.92 Å². The van der Waals surface area contributed by atoms with Crippen LogP contribution in [0.5, 0.6) is 0 Å². The molecule has 2 rings (SSSR count). The molecule has 1 aliphatic heterocycles. The number of hydrogen-bond donors (Lipinski definition) is 1. The molecule has 4 atom stereocenters. The molecular weight excluding hydrogens is 268 g/mol. The highest BCUT2D eigenvalue weighted by Gasteiger charge is 2.46. The Kier molecular flexibility index (Phi) is 5.54. The first-order chi connectivity index (χ1) is 9.52. The Hall–Kier alpha value is -0.500. The summed E-state index contributed by atoms with van der Waals surface area (Å²) in [5, 5.41) is 10.4. The van der Waals surface area contributed by atoms with E-state index in [9.17, 15) is 5.11 Å². The second-order valence-electron chi connectivity index (χ2n) is 6.56. The van der Waals surface area contributed by atoms with Gasteiger partial charge < -0.3 is 10.0 Å². The van der Waals surface area contributed by atoms with E-state index in [-0.39, 0.29) is 0 Å². The molecule has 0 aromatic heterocycles. The van der Waals surface area contributed by atoms with Crippen molar-refractivity contribution in [1.82, 2.24) is 4.90 Å². The Labute approximate surface area is 127 Å². The Morgan fingerprint density at radius 3 is 2.90 bits per heavy atom. The standard InChI is InChI=1S/C16H26N2OS/c1-4-7-17-12-20-11-16(3,19)6-5-13(2)18-9-14-8-15(14)10-18/h1,12-15,19H,5-11H2,2-3H3. The highest BCUT2D eigenvalue weighted by molar-refractivity contribution is 8.12. The van der Waals surface area contributed by atoms with Crippen molar-refractivity contribution in [1.29, 1.82) is 0 Å². The fourth-order valence-corrected chi connectivity index (χ4v) is 3.69. The monoisotopic (exact) mass is 294 g/mol. The summed E-state index contributed by atoms with van der Waals surface area (Å²) in [6.07, 6.45) is 8.48. The van der Waals surface area contributed by atoms with Crippen molar-refractivity contribution < 1.29 is 5.11 Å². The third-order valence-electron chi connectivity index (χ3n) is 4.46. The molecule has 0 radical (unpaired) electrons. The molecule has 0 spiro atoms. The minimum absolute atomic E-state index is 0.420. The van der Waals surface area contributed by atoms with Crippen molar-refractivity contribution in [2.24, 2.45) is 16.8 Å². The Balaban J connectivity index is 1.62. The second-order valence-corrected chi connectivity index (χ2v) is 7.39. The van der Waals surface area contributed by atoms with Crippen molar-refractivity contribution in [2.45, 2.75) is 44.8 Å². The lowest BCUT2D eigenvalue weighted by atomic mass is 9.99. The molecule has 1 N–H and O–H groups in total. The van der Waals surface area contributed by atoms with Gasteiger partial charge in [0.15, 0.2) is 0 Å². The van der Waals surface area contributed by atoms with Crippen LogP contribution in [0, 0.1) is 24.2 Å². The summed E-state index contributed by atoms with van der Waals surface area (Å²) in [5.74, 6) is 5.12. The highest BCUT2D eigenvalue weighted by atomic mass is 32.2. The van der Waals surface area contributed by atoms with Crippen molar-refractivity contribution in [3.05, 3.63) is 0 Å². The van der Waals surface area contributed by atoms with Crippen LogP contribution in [-0.2, 0) is 0 Å². The summed E-state index contributed by atoms with van der Waals surface area (Å²) in [4.78, 5) is 6.64. The first kappa shape index (κ1) is 15.9. The van der Waals surface area contributed by atoms with Gasteiger partial charge in [-0.25, -0.2) is 0 Å². The van der Waals surface area contributed by atoms with Crippen LogP contribution in [0.2, 0.25) is 0 Å². The highest BCUT2D eigenvalue weighted by Crippen LogP contribution is 2.45. The predicted octanol–water partition coefficient (Wildman–Crippen LogP) is 2.25. The molecule has 0 bridgehead atoms. The molecule has 1 saturated heterocycles. The van der Waals surface area contributed by atoms with Crippen LogP contribution in [-0.4, -0.2) is 52.6 Å². The first-order valence-corrected chi connectivity index (χ1v) is 8.56. The number of terminal acetylenes is 1. The van der Waals surface area contributed by atoms with Crippen LogP contribution >= 0.6 is 11.8 Å². The van der Waals surface area contributed by atoms with Gasteiger partial charge >= 0.3 is 0 Å². The van der Waals surface area contributed by atoms with Crippen molar-refractivity contribution in [3.63, 3.8) is 0 Å². The van der Waals surface area contributed by atoms with E-state index >= 15 is 0 Å². The number of aliphatic hydroxyl groups is 1. The van der Waals surface area contributed by atoms with E-state index in [2.05, 4.69) is 22.7 Å². The molecular formula is C16H26N2OS. The zero-order valence-electron chi connectivity index (χ0n) is 12.6. The van der Waals surface area contributed by atoms with E-state index in [0.717, 1.165) is 24.7 Å². The summed E-state index contributed by atoms with van der Waals surface area (Å²) < 4.78 is 0. The normalized spacial score (nSPS) is 29.9. The molecule has 1 saturated carbocycles. The predicted molar refractivity (Wildman–Crippen MR) is 87.1 cm³/mol. The largest absolute Gasteiger partial charge is 0.389 e. The number of piperidine rings is 1. The van der Waals surface area contributed by atoms with Crippen LogP contribution in [0.3, 0.4) is 0 Å². The molecule has 1 aliphatic carbocycles. The van der Waals surface area contributed by atoms with E-state index in [1.54, 1.807) is 17.3 Å². The molecule has 20 heavy (non-hydrogen) atoms. The van der Waals surface area contributed by atoms with E-state index in [1.807, 2.05) is 6.92 Å². The molecule has 3 nitrogen and oxygen atoms in total. The molecule has 2 aliphatic rings. The zero-order valence-corrected chi connectivity index (χ0v) is 13.4. The van der Waals surface area contributed by atoms with Crippen LogP contribution in [0.1, 0.15) is 33.1 Å². The van der Waals surface area contributed by atoms with Crippen LogP contribution < -0.4 is 0 Å². The minimum Gasteiger partial charge on any atom is -0.389 e. The maximum Gasteiger partial charge on any atom is 0.100 e. The maximum atomic E-state index is 10.4. The third-order valence-corrected chi connectivity index (χ3v) is 5.54. The van der Waals surface area contributed by atoms with Gasteiger partial charge in [0.2, 0.25) is 0 Å². The van der Waals surface area contributed by atoms with Gasteiger partial charge in [-0.3, -0.25) is 4.99 Å². The SMILES string of the molecule is C#CCN=CSCC(C)(O)CCC(C)N1CC2CC2C1. The maximum absolute atomic E-state index is 10.4. The number of hydrogen-bond acceptors (Lipinski definition) is 4. The van der Waals surface area contributed by atoms with Gasteiger partial charge in [-0.05, 0) is 44.9 Å². The summed E-state index contributed by atoms with van der Waals surface area (Å²) in [6, 6.07) is 0.592. The van der Waals surface area contributed by atoms with Crippen LogP contribution in [0.25, 0.3) is 0 Å². The van der Waals surface area contributed by atoms with Crippen molar-refractivity contribution in [3.8, 4) is 12.3 Å². The lowest BCUT2D eigenvalue weighted by Crippen LogP contribution is -2.35. The summed E-state index contributed by atoms with van der Waals surface area (Å²) >= 11 is 1.54. The van der Waals surface area contributed by atoms with Crippen LogP contribution in [0.15, 0.2) is 4.99 Å². The van der Waals surface area contributed by atoms with Crippen molar-refractivity contribution in [2.75, 3.05) is 25.4 Å². The zero-order chi connectivity index (χ0) is 14.6. The Bertz CT molecular complexity index is 378. The average molecular weight is 294 g/mol. The van der Waals surface area contributed by atoms with E-state index in [1.165, 1.54) is 19.5 Å². The number of nitrogens with zero attached hydrogens (tertiary/aromatic N) is 2. The lowest BCUT2D eigenvalue weighted by Gasteiger charge is -2.29. The molecule has 0 aromatic rings. The van der Waals surface area contributed by atoms with Crippen LogP contribution in [0.4, 0.5) is 0 Å². The number of rotatable bonds is 8. The molecule has 112 valence electrons. The Morgan fingerprint density at radius 1 is 1.55 bits per heavy atom. The molecule has 0 aromatic carbocycles. The molecule has 4 unspecified atom stereocenters. The van der Waals surface area contributed by atoms with Gasteiger partial charge in [0.25, 0.3) is 0 Å². The van der Waals surface area contributed by atoms with E-state index in [4.69, 9.17) is 6.42 Å². The first-order valence-electron chi connectivity index (χ1n) is 7.51. The second kappa shape index (κ2) is 6.98. The molecule has 1 heterocycles. The van der Waals surface area contributed by atoms with E-state index < -0.39 is 5.60 Å². The molecule has 0 amide bonds. The van der Waals surface area contributed by atoms with Gasteiger partial charge in [0, 0.05) is 24.9 Å². The lowest BCUT2D eigenvalue weighted by molar-refractivity contribution is 0.0637. The van der Waals surface area contributed by atoms with Gasteiger partial charge in [-0.2, -0.15) is 0 Å². The third kappa shape index (κ3) is 4.80. The van der Waals surface area contributed by atoms with Gasteiger partial charge in [0.05, 0.1) is 11.1 Å². The van der Waals surface area contributed by atoms with Gasteiger partial charge in [-0.15, -0.1) is 18.2 Å². The number of thioether (sulfide) groups is 1.